The lowest BCUT2D eigenvalue weighted by molar-refractivity contribution is -0.144. The molecule has 8 heteroatoms. The smallest absolute Gasteiger partial charge is 0.231 e. The van der Waals surface area contributed by atoms with Crippen molar-refractivity contribution in [2.24, 2.45) is 5.92 Å². The van der Waals surface area contributed by atoms with E-state index in [1.165, 1.54) is 0 Å². The van der Waals surface area contributed by atoms with Crippen molar-refractivity contribution in [2.75, 3.05) is 34.1 Å². The number of nitrogens with zero attached hydrogens (tertiary/aromatic N) is 2. The molecule has 0 saturated carbocycles. The number of hydrogen-bond acceptors (Lipinski definition) is 6. The molecule has 0 bridgehead atoms. The molecule has 5 rings (SSSR count). The van der Waals surface area contributed by atoms with Gasteiger partial charge < -0.3 is 28.7 Å². The highest BCUT2D eigenvalue weighted by Crippen LogP contribution is 2.36. The molecule has 0 N–H and O–H groups in total. The first kappa shape index (κ1) is 22.4. The van der Waals surface area contributed by atoms with E-state index >= 15 is 0 Å². The third-order valence-corrected chi connectivity index (χ3v) is 7.12. The fourth-order valence-electron chi connectivity index (χ4n) is 5.31. The van der Waals surface area contributed by atoms with Crippen molar-refractivity contribution in [1.82, 2.24) is 9.80 Å². The van der Waals surface area contributed by atoms with Gasteiger partial charge in [-0.15, -0.1) is 0 Å². The third-order valence-electron chi connectivity index (χ3n) is 7.12. The average Bonchev–Trinajstić information content (AvgIpc) is 3.33. The van der Waals surface area contributed by atoms with Gasteiger partial charge in [-0.3, -0.25) is 9.59 Å². The molecule has 2 fully saturated rings. The number of methoxy groups -OCH3 is 2. The standard InChI is InChI=1S/C26H30N2O6/c1-31-20-5-7-22(32-2)19(12-20)13-26(30)27-10-9-21-18(15-27)4-8-25(29)28(21)14-17-3-6-23-24(11-17)34-16-33-23/h3,5-7,11-12,18,21H,4,8-10,13-16H2,1-2H3/t18-,21+/m1/s1. The molecule has 3 aliphatic heterocycles. The number of hydrogen-bond donors (Lipinski definition) is 0. The van der Waals surface area contributed by atoms with Gasteiger partial charge >= 0.3 is 0 Å². The molecule has 8 nitrogen and oxygen atoms in total. The Morgan fingerprint density at radius 2 is 1.91 bits per heavy atom. The topological polar surface area (TPSA) is 77.5 Å². The second kappa shape index (κ2) is 9.44. The lowest BCUT2D eigenvalue weighted by Crippen LogP contribution is -2.56. The summed E-state index contributed by atoms with van der Waals surface area (Å²) in [6, 6.07) is 11.5. The van der Waals surface area contributed by atoms with E-state index in [0.29, 0.717) is 37.6 Å². The Balaban J connectivity index is 1.25. The molecule has 3 heterocycles. The summed E-state index contributed by atoms with van der Waals surface area (Å²) in [7, 11) is 3.22. The molecule has 0 aliphatic carbocycles. The molecule has 2 atom stereocenters. The molecule has 2 aromatic rings. The zero-order valence-corrected chi connectivity index (χ0v) is 19.6. The quantitative estimate of drug-likeness (QED) is 0.651. The van der Waals surface area contributed by atoms with Crippen LogP contribution in [0.2, 0.25) is 0 Å². The highest BCUT2D eigenvalue weighted by molar-refractivity contribution is 5.80. The molecular weight excluding hydrogens is 436 g/mol. The molecule has 0 spiro atoms. The van der Waals surface area contributed by atoms with Gasteiger partial charge in [-0.25, -0.2) is 0 Å². The minimum atomic E-state index is 0.0734. The highest BCUT2D eigenvalue weighted by atomic mass is 16.7. The summed E-state index contributed by atoms with van der Waals surface area (Å²) in [4.78, 5) is 30.0. The first-order chi connectivity index (χ1) is 16.6. The van der Waals surface area contributed by atoms with Crippen LogP contribution in [0.1, 0.15) is 30.4 Å². The average molecular weight is 467 g/mol. The van der Waals surface area contributed by atoms with Crippen molar-refractivity contribution in [3.63, 3.8) is 0 Å². The van der Waals surface area contributed by atoms with Crippen LogP contribution >= 0.6 is 0 Å². The number of carbonyl (C=O) groups is 2. The van der Waals surface area contributed by atoms with E-state index in [1.54, 1.807) is 14.2 Å². The highest BCUT2D eigenvalue weighted by Gasteiger charge is 2.40. The van der Waals surface area contributed by atoms with Gasteiger partial charge in [0.25, 0.3) is 0 Å². The number of rotatable bonds is 6. The molecule has 2 amide bonds. The number of fused-ring (bicyclic) bond motifs is 2. The lowest BCUT2D eigenvalue weighted by Gasteiger charge is -2.47. The minimum absolute atomic E-state index is 0.0734. The van der Waals surface area contributed by atoms with Gasteiger partial charge in [0.1, 0.15) is 11.5 Å². The van der Waals surface area contributed by atoms with Crippen LogP contribution in [0, 0.1) is 5.92 Å². The fourth-order valence-corrected chi connectivity index (χ4v) is 5.31. The van der Waals surface area contributed by atoms with E-state index in [1.807, 2.05) is 46.2 Å². The number of carbonyl (C=O) groups excluding carboxylic acids is 2. The van der Waals surface area contributed by atoms with Gasteiger partial charge in [0, 0.05) is 37.7 Å². The first-order valence-electron chi connectivity index (χ1n) is 11.7. The summed E-state index contributed by atoms with van der Waals surface area (Å²) < 4.78 is 21.7. The number of likely N-dealkylation sites (tertiary alicyclic amines) is 2. The Hall–Kier alpha value is -3.42. The molecule has 0 unspecified atom stereocenters. The van der Waals surface area contributed by atoms with Crippen molar-refractivity contribution in [3.05, 3.63) is 47.5 Å². The van der Waals surface area contributed by atoms with Crippen LogP contribution in [-0.2, 0) is 22.6 Å². The van der Waals surface area contributed by atoms with Crippen molar-refractivity contribution in [2.45, 2.75) is 38.3 Å². The second-order valence-electron chi connectivity index (χ2n) is 9.06. The summed E-state index contributed by atoms with van der Waals surface area (Å²) in [5.74, 6) is 3.38. The number of benzene rings is 2. The van der Waals surface area contributed by atoms with Crippen LogP contribution in [-0.4, -0.2) is 61.8 Å². The van der Waals surface area contributed by atoms with E-state index in [-0.39, 0.29) is 37.0 Å². The Kier molecular flexibility index (Phi) is 6.22. The maximum atomic E-state index is 13.2. The molecule has 34 heavy (non-hydrogen) atoms. The van der Waals surface area contributed by atoms with E-state index in [2.05, 4.69) is 0 Å². The zero-order chi connectivity index (χ0) is 23.7. The summed E-state index contributed by atoms with van der Waals surface area (Å²) in [6.45, 7) is 2.08. The van der Waals surface area contributed by atoms with Gasteiger partial charge in [0.15, 0.2) is 11.5 Å². The predicted octanol–water partition coefficient (Wildman–Crippen LogP) is 3.01. The van der Waals surface area contributed by atoms with Crippen molar-refractivity contribution >= 4 is 11.8 Å². The van der Waals surface area contributed by atoms with Gasteiger partial charge in [-0.05, 0) is 54.7 Å². The second-order valence-corrected chi connectivity index (χ2v) is 9.06. The predicted molar refractivity (Wildman–Crippen MR) is 124 cm³/mol. The maximum absolute atomic E-state index is 13.2. The number of amides is 2. The fraction of sp³-hybridized carbons (Fsp3) is 0.462. The molecule has 180 valence electrons. The van der Waals surface area contributed by atoms with Crippen molar-refractivity contribution in [3.8, 4) is 23.0 Å². The van der Waals surface area contributed by atoms with Crippen LogP contribution in [0.25, 0.3) is 0 Å². The molecule has 0 radical (unpaired) electrons. The van der Waals surface area contributed by atoms with Crippen molar-refractivity contribution < 1.29 is 28.5 Å². The monoisotopic (exact) mass is 466 g/mol. The van der Waals surface area contributed by atoms with E-state index in [0.717, 1.165) is 35.5 Å². The Bertz CT molecular complexity index is 1090. The third kappa shape index (κ3) is 4.36. The largest absolute Gasteiger partial charge is 0.497 e. The van der Waals surface area contributed by atoms with Crippen LogP contribution in [0.3, 0.4) is 0 Å². The van der Waals surface area contributed by atoms with Gasteiger partial charge in [0.05, 0.1) is 20.6 Å². The van der Waals surface area contributed by atoms with E-state index < -0.39 is 0 Å². The van der Waals surface area contributed by atoms with Gasteiger partial charge in [-0.2, -0.15) is 0 Å². The first-order valence-corrected chi connectivity index (χ1v) is 11.7. The molecule has 2 aromatic carbocycles. The summed E-state index contributed by atoms with van der Waals surface area (Å²) in [5.41, 5.74) is 1.85. The lowest BCUT2D eigenvalue weighted by atomic mass is 9.83. The molecule has 0 aromatic heterocycles. The molecular formula is C26H30N2O6. The Labute approximate surface area is 199 Å². The van der Waals surface area contributed by atoms with Crippen LogP contribution in [0.5, 0.6) is 23.0 Å². The number of piperidine rings is 2. The SMILES string of the molecule is COc1ccc(OC)c(CC(=O)N2CC[C@H]3[C@H](CCC(=O)N3Cc3ccc4c(c3)OCO4)C2)c1. The summed E-state index contributed by atoms with van der Waals surface area (Å²) >= 11 is 0. The van der Waals surface area contributed by atoms with Gasteiger partial charge in [-0.1, -0.05) is 6.07 Å². The van der Waals surface area contributed by atoms with Crippen molar-refractivity contribution in [1.29, 1.82) is 0 Å². The van der Waals surface area contributed by atoms with Crippen LogP contribution in [0.15, 0.2) is 36.4 Å². The maximum Gasteiger partial charge on any atom is 0.231 e. The van der Waals surface area contributed by atoms with Crippen LogP contribution < -0.4 is 18.9 Å². The summed E-state index contributed by atoms with van der Waals surface area (Å²) in [5, 5.41) is 0. The summed E-state index contributed by atoms with van der Waals surface area (Å²) in [6.07, 6.45) is 2.37. The zero-order valence-electron chi connectivity index (χ0n) is 19.6. The van der Waals surface area contributed by atoms with E-state index in [4.69, 9.17) is 18.9 Å². The normalized spacial score (nSPS) is 21.3. The Morgan fingerprint density at radius 3 is 2.74 bits per heavy atom. The van der Waals surface area contributed by atoms with Crippen LogP contribution in [0.4, 0.5) is 0 Å². The van der Waals surface area contributed by atoms with E-state index in [9.17, 15) is 9.59 Å². The minimum Gasteiger partial charge on any atom is -0.497 e. The molecule has 3 aliphatic rings. The molecule has 2 saturated heterocycles. The number of ether oxygens (including phenoxy) is 4. The Morgan fingerprint density at radius 1 is 1.06 bits per heavy atom. The van der Waals surface area contributed by atoms with Gasteiger partial charge in [0.2, 0.25) is 18.6 Å².